The minimum atomic E-state index is 0.711. The van der Waals surface area contributed by atoms with Gasteiger partial charge in [0.1, 0.15) is 12.0 Å². The monoisotopic (exact) mass is 221 g/mol. The largest absolute Gasteiger partial charge is 0.281 e. The summed E-state index contributed by atoms with van der Waals surface area (Å²) in [6.07, 6.45) is 7.00. The molecule has 4 heterocycles. The second-order valence-corrected chi connectivity index (χ2v) is 3.79. The van der Waals surface area contributed by atoms with E-state index in [4.69, 9.17) is 0 Å². The van der Waals surface area contributed by atoms with Crippen molar-refractivity contribution in [2.45, 2.75) is 0 Å². The number of hydrogen-bond donors (Lipinski definition) is 0. The summed E-state index contributed by atoms with van der Waals surface area (Å²) in [5.41, 5.74) is 3.45. The van der Waals surface area contributed by atoms with Gasteiger partial charge in [-0.15, -0.1) is 0 Å². The molecule has 4 aromatic rings. The first kappa shape index (κ1) is 8.58. The van der Waals surface area contributed by atoms with Crippen molar-refractivity contribution < 1.29 is 0 Å². The van der Waals surface area contributed by atoms with Gasteiger partial charge < -0.3 is 0 Å². The van der Waals surface area contributed by atoms with Crippen LogP contribution < -0.4 is 0 Å². The van der Waals surface area contributed by atoms with Crippen LogP contribution in [0.15, 0.2) is 43.1 Å². The van der Waals surface area contributed by atoms with Gasteiger partial charge in [-0.1, -0.05) is 0 Å². The highest BCUT2D eigenvalue weighted by molar-refractivity contribution is 5.93. The SMILES string of the molecule is c1cnc2ncn3c4cnccc4nc3c2c1. The quantitative estimate of drug-likeness (QED) is 0.454. The molecule has 17 heavy (non-hydrogen) atoms. The summed E-state index contributed by atoms with van der Waals surface area (Å²) in [5, 5.41) is 0.950. The molecule has 0 N–H and O–H groups in total. The molecule has 0 aliphatic rings. The summed E-state index contributed by atoms with van der Waals surface area (Å²) in [6, 6.07) is 5.76. The predicted molar refractivity (Wildman–Crippen MR) is 63.6 cm³/mol. The first-order valence-corrected chi connectivity index (χ1v) is 5.25. The maximum atomic E-state index is 4.59. The van der Waals surface area contributed by atoms with E-state index >= 15 is 0 Å². The standard InChI is InChI=1S/C12H7N5/c1-2-8-11(14-4-1)15-7-17-10-6-13-5-3-9(10)16-12(8)17/h1-7H. The lowest BCUT2D eigenvalue weighted by atomic mass is 10.3. The molecule has 0 amide bonds. The van der Waals surface area contributed by atoms with Crippen molar-refractivity contribution in [3.63, 3.8) is 0 Å². The summed E-state index contributed by atoms with van der Waals surface area (Å²) in [7, 11) is 0. The number of nitrogens with zero attached hydrogens (tertiary/aromatic N) is 5. The maximum absolute atomic E-state index is 4.59. The number of fused-ring (bicyclic) bond motifs is 5. The molecule has 0 aromatic carbocycles. The fourth-order valence-electron chi connectivity index (χ4n) is 2.03. The second-order valence-electron chi connectivity index (χ2n) is 3.79. The number of imidazole rings is 1. The molecule has 80 valence electrons. The van der Waals surface area contributed by atoms with Gasteiger partial charge in [0.2, 0.25) is 0 Å². The molecule has 0 atom stereocenters. The minimum absolute atomic E-state index is 0.711. The Hall–Kier alpha value is -2.56. The molecule has 0 bridgehead atoms. The normalized spacial score (nSPS) is 11.5. The smallest absolute Gasteiger partial charge is 0.164 e. The Balaban J connectivity index is 2.34. The molecule has 0 aliphatic heterocycles. The zero-order chi connectivity index (χ0) is 11.2. The van der Waals surface area contributed by atoms with Gasteiger partial charge in [0.05, 0.1) is 22.6 Å². The van der Waals surface area contributed by atoms with E-state index in [0.717, 1.165) is 22.1 Å². The minimum Gasteiger partial charge on any atom is -0.281 e. The zero-order valence-corrected chi connectivity index (χ0v) is 8.78. The molecule has 0 aliphatic carbocycles. The number of pyridine rings is 2. The first-order valence-electron chi connectivity index (χ1n) is 5.25. The highest BCUT2D eigenvalue weighted by atomic mass is 15.1. The lowest BCUT2D eigenvalue weighted by Crippen LogP contribution is -1.91. The van der Waals surface area contributed by atoms with Crippen LogP contribution in [0.3, 0.4) is 0 Å². The van der Waals surface area contributed by atoms with Gasteiger partial charge in [-0.3, -0.25) is 9.38 Å². The van der Waals surface area contributed by atoms with Gasteiger partial charge in [0, 0.05) is 12.4 Å². The van der Waals surface area contributed by atoms with Gasteiger partial charge in [-0.25, -0.2) is 15.0 Å². The van der Waals surface area contributed by atoms with Crippen LogP contribution in [-0.2, 0) is 0 Å². The van der Waals surface area contributed by atoms with Crippen molar-refractivity contribution in [3.8, 4) is 0 Å². The summed E-state index contributed by atoms with van der Waals surface area (Å²) < 4.78 is 1.94. The van der Waals surface area contributed by atoms with E-state index in [2.05, 4.69) is 19.9 Å². The van der Waals surface area contributed by atoms with Crippen LogP contribution in [0.4, 0.5) is 0 Å². The Morgan fingerprint density at radius 1 is 1.06 bits per heavy atom. The van der Waals surface area contributed by atoms with E-state index < -0.39 is 0 Å². The van der Waals surface area contributed by atoms with E-state index in [9.17, 15) is 0 Å². The van der Waals surface area contributed by atoms with E-state index in [1.807, 2.05) is 22.6 Å². The Bertz CT molecular complexity index is 849. The second kappa shape index (κ2) is 2.98. The summed E-state index contributed by atoms with van der Waals surface area (Å²) in [4.78, 5) is 17.2. The summed E-state index contributed by atoms with van der Waals surface area (Å²) in [6.45, 7) is 0. The van der Waals surface area contributed by atoms with Crippen molar-refractivity contribution >= 4 is 27.7 Å². The molecule has 4 rings (SSSR count). The van der Waals surface area contributed by atoms with Gasteiger partial charge in [0.15, 0.2) is 5.65 Å². The average molecular weight is 221 g/mol. The maximum Gasteiger partial charge on any atom is 0.164 e. The molecule has 0 radical (unpaired) electrons. The van der Waals surface area contributed by atoms with Crippen LogP contribution in [0.1, 0.15) is 0 Å². The third-order valence-electron chi connectivity index (χ3n) is 2.81. The van der Waals surface area contributed by atoms with Crippen molar-refractivity contribution in [2.24, 2.45) is 0 Å². The number of hydrogen-bond acceptors (Lipinski definition) is 4. The highest BCUT2D eigenvalue weighted by Gasteiger charge is 2.08. The summed E-state index contributed by atoms with van der Waals surface area (Å²) in [5.74, 6) is 0. The fourth-order valence-corrected chi connectivity index (χ4v) is 2.03. The molecule has 0 saturated carbocycles. The molecule has 5 heteroatoms. The van der Waals surface area contributed by atoms with Crippen LogP contribution >= 0.6 is 0 Å². The van der Waals surface area contributed by atoms with Gasteiger partial charge >= 0.3 is 0 Å². The third kappa shape index (κ3) is 1.08. The van der Waals surface area contributed by atoms with Crippen molar-refractivity contribution in [1.82, 2.24) is 24.3 Å². The topological polar surface area (TPSA) is 56.0 Å². The zero-order valence-electron chi connectivity index (χ0n) is 8.78. The molecule has 5 nitrogen and oxygen atoms in total. The lowest BCUT2D eigenvalue weighted by molar-refractivity contribution is 1.12. The van der Waals surface area contributed by atoms with Gasteiger partial charge in [-0.05, 0) is 18.2 Å². The predicted octanol–water partition coefficient (Wildman–Crippen LogP) is 1.83. The summed E-state index contributed by atoms with van der Waals surface area (Å²) >= 11 is 0. The van der Waals surface area contributed by atoms with Crippen LogP contribution in [0, 0.1) is 0 Å². The Morgan fingerprint density at radius 2 is 2.06 bits per heavy atom. The molecule has 4 aromatic heterocycles. The highest BCUT2D eigenvalue weighted by Crippen LogP contribution is 2.20. The molecule has 0 fully saturated rings. The lowest BCUT2D eigenvalue weighted by Gasteiger charge is -1.98. The number of rotatable bonds is 0. The third-order valence-corrected chi connectivity index (χ3v) is 2.81. The van der Waals surface area contributed by atoms with Crippen molar-refractivity contribution in [1.29, 1.82) is 0 Å². The Labute approximate surface area is 95.8 Å². The Kier molecular flexibility index (Phi) is 1.50. The molecular weight excluding hydrogens is 214 g/mol. The van der Waals surface area contributed by atoms with Crippen molar-refractivity contribution in [3.05, 3.63) is 43.1 Å². The fraction of sp³-hybridized carbons (Fsp3) is 0. The van der Waals surface area contributed by atoms with Crippen LogP contribution in [0.25, 0.3) is 27.7 Å². The molecule has 0 spiro atoms. The van der Waals surface area contributed by atoms with E-state index in [0.29, 0.717) is 5.65 Å². The van der Waals surface area contributed by atoms with E-state index in [-0.39, 0.29) is 0 Å². The van der Waals surface area contributed by atoms with E-state index in [1.54, 1.807) is 24.9 Å². The molecule has 0 unspecified atom stereocenters. The van der Waals surface area contributed by atoms with Crippen LogP contribution in [0.2, 0.25) is 0 Å². The first-order chi connectivity index (χ1) is 8.43. The average Bonchev–Trinajstić information content (AvgIpc) is 2.78. The molecule has 0 saturated heterocycles. The van der Waals surface area contributed by atoms with Crippen molar-refractivity contribution in [2.75, 3.05) is 0 Å². The van der Waals surface area contributed by atoms with Gasteiger partial charge in [0.25, 0.3) is 0 Å². The van der Waals surface area contributed by atoms with Gasteiger partial charge in [-0.2, -0.15) is 0 Å². The van der Waals surface area contributed by atoms with Crippen LogP contribution in [-0.4, -0.2) is 24.3 Å². The Morgan fingerprint density at radius 3 is 3.06 bits per heavy atom. The van der Waals surface area contributed by atoms with Crippen LogP contribution in [0.5, 0.6) is 0 Å². The number of aromatic nitrogens is 5. The van der Waals surface area contributed by atoms with E-state index in [1.165, 1.54) is 0 Å². The molecular formula is C12H7N5.